The first kappa shape index (κ1) is 12.0. The minimum atomic E-state index is -0.459. The molecule has 1 N–H and O–H groups in total. The highest BCUT2D eigenvalue weighted by Gasteiger charge is 2.26. The van der Waals surface area contributed by atoms with Gasteiger partial charge in [0.1, 0.15) is 0 Å². The Hall–Kier alpha value is -0.0400. The SMILES string of the molecule is CCC(C)C(C)(O)CCC(C)C. The molecule has 12 heavy (non-hydrogen) atoms. The van der Waals surface area contributed by atoms with Crippen molar-refractivity contribution in [2.75, 3.05) is 0 Å². The van der Waals surface area contributed by atoms with E-state index in [0.29, 0.717) is 11.8 Å². The van der Waals surface area contributed by atoms with E-state index in [4.69, 9.17) is 0 Å². The molecule has 0 aliphatic rings. The second-order valence-electron chi connectivity index (χ2n) is 4.60. The molecule has 0 saturated heterocycles. The summed E-state index contributed by atoms with van der Waals surface area (Å²) in [6.07, 6.45) is 3.11. The van der Waals surface area contributed by atoms with E-state index in [-0.39, 0.29) is 0 Å². The molecule has 0 aromatic heterocycles. The molecule has 0 aromatic rings. The summed E-state index contributed by atoms with van der Waals surface area (Å²) in [6, 6.07) is 0. The van der Waals surface area contributed by atoms with Gasteiger partial charge in [-0.15, -0.1) is 0 Å². The summed E-state index contributed by atoms with van der Waals surface area (Å²) in [5, 5.41) is 10.0. The van der Waals surface area contributed by atoms with Crippen molar-refractivity contribution in [1.29, 1.82) is 0 Å². The molecular weight excluding hydrogens is 148 g/mol. The van der Waals surface area contributed by atoms with Gasteiger partial charge < -0.3 is 5.11 Å². The molecule has 0 aromatic carbocycles. The Morgan fingerprint density at radius 3 is 2.08 bits per heavy atom. The molecule has 0 spiro atoms. The molecule has 0 rings (SSSR count). The Bertz CT molecular complexity index is 116. The molecule has 0 heterocycles. The summed E-state index contributed by atoms with van der Waals surface area (Å²) in [4.78, 5) is 0. The summed E-state index contributed by atoms with van der Waals surface area (Å²) >= 11 is 0. The van der Waals surface area contributed by atoms with Gasteiger partial charge in [-0.05, 0) is 31.6 Å². The highest BCUT2D eigenvalue weighted by atomic mass is 16.3. The van der Waals surface area contributed by atoms with Crippen molar-refractivity contribution in [1.82, 2.24) is 0 Å². The van der Waals surface area contributed by atoms with Gasteiger partial charge in [-0.2, -0.15) is 0 Å². The van der Waals surface area contributed by atoms with E-state index in [1.165, 1.54) is 0 Å². The van der Waals surface area contributed by atoms with Crippen molar-refractivity contribution >= 4 is 0 Å². The Balaban J connectivity index is 3.86. The predicted molar refractivity (Wildman–Crippen MR) is 54.2 cm³/mol. The zero-order valence-electron chi connectivity index (χ0n) is 9.22. The van der Waals surface area contributed by atoms with E-state index in [2.05, 4.69) is 27.7 Å². The van der Waals surface area contributed by atoms with Gasteiger partial charge in [-0.25, -0.2) is 0 Å². The second kappa shape index (κ2) is 4.86. The monoisotopic (exact) mass is 172 g/mol. The lowest BCUT2D eigenvalue weighted by atomic mass is 9.83. The van der Waals surface area contributed by atoms with Gasteiger partial charge in [-0.3, -0.25) is 0 Å². The summed E-state index contributed by atoms with van der Waals surface area (Å²) in [7, 11) is 0. The maximum Gasteiger partial charge on any atom is 0.0645 e. The maximum atomic E-state index is 10.0. The molecule has 0 amide bonds. The van der Waals surface area contributed by atoms with E-state index in [1.54, 1.807) is 0 Å². The standard InChI is InChI=1S/C11H24O/c1-6-10(4)11(5,12)8-7-9(2)3/h9-10,12H,6-8H2,1-5H3. The summed E-state index contributed by atoms with van der Waals surface area (Å²) in [6.45, 7) is 10.6. The normalized spacial score (nSPS) is 19.2. The van der Waals surface area contributed by atoms with Crippen LogP contribution >= 0.6 is 0 Å². The average molecular weight is 172 g/mol. The van der Waals surface area contributed by atoms with E-state index < -0.39 is 5.60 Å². The maximum absolute atomic E-state index is 10.0. The van der Waals surface area contributed by atoms with Crippen LogP contribution in [0.1, 0.15) is 53.9 Å². The van der Waals surface area contributed by atoms with Crippen LogP contribution < -0.4 is 0 Å². The molecular formula is C11H24O. The number of hydrogen-bond donors (Lipinski definition) is 1. The lowest BCUT2D eigenvalue weighted by Crippen LogP contribution is -2.32. The first-order chi connectivity index (χ1) is 5.40. The zero-order chi connectivity index (χ0) is 9.78. The number of aliphatic hydroxyl groups is 1. The summed E-state index contributed by atoms with van der Waals surface area (Å²) in [5.41, 5.74) is -0.459. The van der Waals surface area contributed by atoms with Crippen molar-refractivity contribution < 1.29 is 5.11 Å². The van der Waals surface area contributed by atoms with E-state index >= 15 is 0 Å². The van der Waals surface area contributed by atoms with Crippen molar-refractivity contribution in [3.8, 4) is 0 Å². The Kier molecular flexibility index (Phi) is 4.84. The smallest absolute Gasteiger partial charge is 0.0645 e. The van der Waals surface area contributed by atoms with Crippen LogP contribution in [0.3, 0.4) is 0 Å². The molecule has 2 unspecified atom stereocenters. The van der Waals surface area contributed by atoms with Gasteiger partial charge in [-0.1, -0.05) is 34.1 Å². The highest BCUT2D eigenvalue weighted by Crippen LogP contribution is 2.26. The van der Waals surface area contributed by atoms with Gasteiger partial charge >= 0.3 is 0 Å². The van der Waals surface area contributed by atoms with Gasteiger partial charge in [0.15, 0.2) is 0 Å². The number of hydrogen-bond acceptors (Lipinski definition) is 1. The molecule has 0 bridgehead atoms. The van der Waals surface area contributed by atoms with Crippen LogP contribution in [0.5, 0.6) is 0 Å². The average Bonchev–Trinajstić information content (AvgIpc) is 1.99. The van der Waals surface area contributed by atoms with Crippen LogP contribution in [0.2, 0.25) is 0 Å². The summed E-state index contributed by atoms with van der Waals surface area (Å²) in [5.74, 6) is 1.11. The first-order valence-electron chi connectivity index (χ1n) is 5.12. The van der Waals surface area contributed by atoms with Crippen LogP contribution in [0.25, 0.3) is 0 Å². The van der Waals surface area contributed by atoms with Crippen LogP contribution in [-0.4, -0.2) is 10.7 Å². The summed E-state index contributed by atoms with van der Waals surface area (Å²) < 4.78 is 0. The fourth-order valence-corrected chi connectivity index (χ4v) is 1.27. The molecule has 1 nitrogen and oxygen atoms in total. The van der Waals surface area contributed by atoms with E-state index in [9.17, 15) is 5.11 Å². The Morgan fingerprint density at radius 1 is 1.25 bits per heavy atom. The van der Waals surface area contributed by atoms with Crippen molar-refractivity contribution in [2.24, 2.45) is 11.8 Å². The topological polar surface area (TPSA) is 20.2 Å². The van der Waals surface area contributed by atoms with Crippen LogP contribution in [0.15, 0.2) is 0 Å². The molecule has 0 aliphatic heterocycles. The third-order valence-corrected chi connectivity index (χ3v) is 2.90. The van der Waals surface area contributed by atoms with Crippen LogP contribution in [0, 0.1) is 11.8 Å². The third kappa shape index (κ3) is 4.10. The quantitative estimate of drug-likeness (QED) is 0.675. The molecule has 0 aliphatic carbocycles. The van der Waals surface area contributed by atoms with Crippen molar-refractivity contribution in [3.63, 3.8) is 0 Å². The lowest BCUT2D eigenvalue weighted by molar-refractivity contribution is -0.00744. The first-order valence-corrected chi connectivity index (χ1v) is 5.12. The molecule has 0 fully saturated rings. The minimum Gasteiger partial charge on any atom is -0.390 e. The van der Waals surface area contributed by atoms with Crippen LogP contribution in [-0.2, 0) is 0 Å². The number of rotatable bonds is 5. The lowest BCUT2D eigenvalue weighted by Gasteiger charge is -2.30. The minimum absolute atomic E-state index is 0.413. The Labute approximate surface area is 77.2 Å². The van der Waals surface area contributed by atoms with Gasteiger partial charge in [0.2, 0.25) is 0 Å². The largest absolute Gasteiger partial charge is 0.390 e. The fourth-order valence-electron chi connectivity index (χ4n) is 1.27. The van der Waals surface area contributed by atoms with Crippen molar-refractivity contribution in [3.05, 3.63) is 0 Å². The zero-order valence-corrected chi connectivity index (χ0v) is 9.22. The predicted octanol–water partition coefficient (Wildman–Crippen LogP) is 3.22. The highest BCUT2D eigenvalue weighted by molar-refractivity contribution is 4.78. The van der Waals surface area contributed by atoms with Crippen LogP contribution in [0.4, 0.5) is 0 Å². The molecule has 1 heteroatoms. The molecule has 2 atom stereocenters. The van der Waals surface area contributed by atoms with Gasteiger partial charge in [0.25, 0.3) is 0 Å². The molecule has 74 valence electrons. The van der Waals surface area contributed by atoms with E-state index in [0.717, 1.165) is 19.3 Å². The second-order valence-corrected chi connectivity index (χ2v) is 4.60. The molecule has 0 radical (unpaired) electrons. The van der Waals surface area contributed by atoms with E-state index in [1.807, 2.05) is 6.92 Å². The fraction of sp³-hybridized carbons (Fsp3) is 1.00. The van der Waals surface area contributed by atoms with Gasteiger partial charge in [0.05, 0.1) is 5.60 Å². The molecule has 0 saturated carbocycles. The Morgan fingerprint density at radius 2 is 1.75 bits per heavy atom. The third-order valence-electron chi connectivity index (χ3n) is 2.90. The van der Waals surface area contributed by atoms with Gasteiger partial charge in [0, 0.05) is 0 Å². The van der Waals surface area contributed by atoms with Crippen molar-refractivity contribution in [2.45, 2.75) is 59.5 Å².